The third-order valence-corrected chi connectivity index (χ3v) is 2.10. The zero-order chi connectivity index (χ0) is 10.4. The Morgan fingerprint density at radius 2 is 2.00 bits per heavy atom. The molecule has 14 heavy (non-hydrogen) atoms. The lowest BCUT2D eigenvalue weighted by atomic mass is 10.0. The average Bonchev–Trinajstić information content (AvgIpc) is 2.20. The largest absolute Gasteiger partial charge is 0.396 e. The van der Waals surface area contributed by atoms with Crippen LogP contribution in [0.15, 0.2) is 24.3 Å². The maximum Gasteiger partial charge on any atom is 0.123 e. The van der Waals surface area contributed by atoms with E-state index in [-0.39, 0.29) is 18.3 Å². The Bertz CT molecular complexity index is 258. The molecule has 0 heterocycles. The second-order valence-electron chi connectivity index (χ2n) is 3.33. The summed E-state index contributed by atoms with van der Waals surface area (Å²) in [4.78, 5) is 0. The molecule has 0 saturated heterocycles. The Hall–Kier alpha value is -0.930. The lowest BCUT2D eigenvalue weighted by Crippen LogP contribution is -2.15. The number of ether oxygens (including phenoxy) is 1. The van der Waals surface area contributed by atoms with Gasteiger partial charge in [-0.15, -0.1) is 0 Å². The first-order valence-corrected chi connectivity index (χ1v) is 4.60. The molecule has 3 heteroatoms. The van der Waals surface area contributed by atoms with Crippen molar-refractivity contribution in [2.45, 2.75) is 6.42 Å². The van der Waals surface area contributed by atoms with E-state index in [2.05, 4.69) is 0 Å². The predicted octanol–water partition coefficient (Wildman–Crippen LogP) is 1.62. The Labute approximate surface area is 83.3 Å². The summed E-state index contributed by atoms with van der Waals surface area (Å²) in [5.74, 6) is -0.147. The Morgan fingerprint density at radius 3 is 2.50 bits per heavy atom. The van der Waals surface area contributed by atoms with Gasteiger partial charge in [-0.25, -0.2) is 4.39 Å². The predicted molar refractivity (Wildman–Crippen MR) is 52.6 cm³/mol. The van der Waals surface area contributed by atoms with Gasteiger partial charge in [-0.1, -0.05) is 12.1 Å². The van der Waals surface area contributed by atoms with Crippen molar-refractivity contribution >= 4 is 0 Å². The van der Waals surface area contributed by atoms with Crippen LogP contribution in [0, 0.1) is 11.7 Å². The summed E-state index contributed by atoms with van der Waals surface area (Å²) in [6.07, 6.45) is 0.713. The van der Waals surface area contributed by atoms with Gasteiger partial charge >= 0.3 is 0 Å². The van der Waals surface area contributed by atoms with E-state index in [1.165, 1.54) is 12.1 Å². The second-order valence-corrected chi connectivity index (χ2v) is 3.33. The van der Waals surface area contributed by atoms with Crippen LogP contribution < -0.4 is 0 Å². The van der Waals surface area contributed by atoms with Crippen LogP contribution in [0.25, 0.3) is 0 Å². The fourth-order valence-electron chi connectivity index (χ4n) is 1.37. The van der Waals surface area contributed by atoms with E-state index >= 15 is 0 Å². The molecule has 0 bridgehead atoms. The first-order valence-electron chi connectivity index (χ1n) is 4.60. The highest BCUT2D eigenvalue weighted by Gasteiger charge is 2.07. The maximum absolute atomic E-state index is 12.6. The van der Waals surface area contributed by atoms with Crippen molar-refractivity contribution in [1.82, 2.24) is 0 Å². The first-order chi connectivity index (χ1) is 6.76. The van der Waals surface area contributed by atoms with E-state index in [4.69, 9.17) is 9.84 Å². The van der Waals surface area contributed by atoms with Crippen molar-refractivity contribution in [2.24, 2.45) is 5.92 Å². The number of benzene rings is 1. The van der Waals surface area contributed by atoms with Gasteiger partial charge in [0.25, 0.3) is 0 Å². The molecule has 0 aromatic heterocycles. The van der Waals surface area contributed by atoms with Crippen LogP contribution in [-0.2, 0) is 11.2 Å². The molecule has 1 aromatic carbocycles. The van der Waals surface area contributed by atoms with Crippen LogP contribution in [0.5, 0.6) is 0 Å². The number of hydrogen-bond acceptors (Lipinski definition) is 2. The molecule has 0 fully saturated rings. The van der Waals surface area contributed by atoms with Crippen molar-refractivity contribution in [2.75, 3.05) is 20.3 Å². The van der Waals surface area contributed by atoms with Gasteiger partial charge in [0.1, 0.15) is 5.82 Å². The normalized spacial score (nSPS) is 12.8. The minimum absolute atomic E-state index is 0.0884. The van der Waals surface area contributed by atoms with Crippen molar-refractivity contribution in [3.8, 4) is 0 Å². The molecule has 1 rings (SSSR count). The van der Waals surface area contributed by atoms with E-state index in [0.717, 1.165) is 5.56 Å². The highest BCUT2D eigenvalue weighted by molar-refractivity contribution is 5.16. The van der Waals surface area contributed by atoms with Crippen molar-refractivity contribution in [3.63, 3.8) is 0 Å². The molecular weight excluding hydrogens is 183 g/mol. The number of aliphatic hydroxyl groups is 1. The van der Waals surface area contributed by atoms with Gasteiger partial charge < -0.3 is 9.84 Å². The molecule has 1 aromatic rings. The van der Waals surface area contributed by atoms with Crippen molar-refractivity contribution < 1.29 is 14.2 Å². The molecule has 0 radical (unpaired) electrons. The topological polar surface area (TPSA) is 29.5 Å². The molecule has 0 spiro atoms. The SMILES string of the molecule is COCC(CO)Cc1ccc(F)cc1. The lowest BCUT2D eigenvalue weighted by molar-refractivity contribution is 0.110. The molecule has 0 saturated carbocycles. The smallest absolute Gasteiger partial charge is 0.123 e. The quantitative estimate of drug-likeness (QED) is 0.779. The van der Waals surface area contributed by atoms with Gasteiger partial charge in [0.05, 0.1) is 6.61 Å². The molecule has 0 aliphatic carbocycles. The van der Waals surface area contributed by atoms with Crippen LogP contribution in [-0.4, -0.2) is 25.4 Å². The van der Waals surface area contributed by atoms with Crippen LogP contribution in [0.1, 0.15) is 5.56 Å². The zero-order valence-corrected chi connectivity index (χ0v) is 8.24. The summed E-state index contributed by atoms with van der Waals surface area (Å²) < 4.78 is 17.5. The Kier molecular flexibility index (Phi) is 4.56. The van der Waals surface area contributed by atoms with Gasteiger partial charge in [-0.2, -0.15) is 0 Å². The minimum Gasteiger partial charge on any atom is -0.396 e. The summed E-state index contributed by atoms with van der Waals surface area (Å²) in [6.45, 7) is 0.610. The number of methoxy groups -OCH3 is 1. The van der Waals surface area contributed by atoms with Gasteiger partial charge in [-0.3, -0.25) is 0 Å². The standard InChI is InChI=1S/C11H15FO2/c1-14-8-10(7-13)6-9-2-4-11(12)5-3-9/h2-5,10,13H,6-8H2,1H3. The molecule has 1 atom stereocenters. The fourth-order valence-corrected chi connectivity index (χ4v) is 1.37. The average molecular weight is 198 g/mol. The van der Waals surface area contributed by atoms with Crippen LogP contribution in [0.3, 0.4) is 0 Å². The maximum atomic E-state index is 12.6. The molecule has 0 aliphatic heterocycles. The zero-order valence-electron chi connectivity index (χ0n) is 8.24. The van der Waals surface area contributed by atoms with Crippen molar-refractivity contribution in [3.05, 3.63) is 35.6 Å². The number of halogens is 1. The number of hydrogen-bond donors (Lipinski definition) is 1. The molecule has 0 amide bonds. The van der Waals surface area contributed by atoms with Crippen LogP contribution >= 0.6 is 0 Å². The van der Waals surface area contributed by atoms with Gasteiger partial charge in [0.15, 0.2) is 0 Å². The minimum atomic E-state index is -0.235. The third kappa shape index (κ3) is 3.44. The van der Waals surface area contributed by atoms with E-state index in [9.17, 15) is 4.39 Å². The summed E-state index contributed by atoms with van der Waals surface area (Å²) in [7, 11) is 1.60. The molecule has 1 N–H and O–H groups in total. The highest BCUT2D eigenvalue weighted by atomic mass is 19.1. The highest BCUT2D eigenvalue weighted by Crippen LogP contribution is 2.09. The van der Waals surface area contributed by atoms with E-state index < -0.39 is 0 Å². The van der Waals surface area contributed by atoms with E-state index in [0.29, 0.717) is 13.0 Å². The second kappa shape index (κ2) is 5.73. The van der Waals surface area contributed by atoms with Crippen molar-refractivity contribution in [1.29, 1.82) is 0 Å². The van der Waals surface area contributed by atoms with E-state index in [1.807, 2.05) is 0 Å². The molecule has 1 unspecified atom stereocenters. The molecule has 2 nitrogen and oxygen atoms in total. The monoisotopic (exact) mass is 198 g/mol. The lowest BCUT2D eigenvalue weighted by Gasteiger charge is -2.12. The van der Waals surface area contributed by atoms with Gasteiger partial charge in [-0.05, 0) is 24.1 Å². The summed E-state index contributed by atoms with van der Waals surface area (Å²) in [5.41, 5.74) is 1.02. The Balaban J connectivity index is 2.53. The summed E-state index contributed by atoms with van der Waals surface area (Å²) >= 11 is 0. The number of rotatable bonds is 5. The fraction of sp³-hybridized carbons (Fsp3) is 0.455. The Morgan fingerprint density at radius 1 is 1.36 bits per heavy atom. The molecular formula is C11H15FO2. The van der Waals surface area contributed by atoms with Gasteiger partial charge in [0.2, 0.25) is 0 Å². The number of aliphatic hydroxyl groups excluding tert-OH is 1. The van der Waals surface area contributed by atoms with E-state index in [1.54, 1.807) is 19.2 Å². The van der Waals surface area contributed by atoms with Gasteiger partial charge in [0, 0.05) is 19.6 Å². The van der Waals surface area contributed by atoms with Crippen LogP contribution in [0.4, 0.5) is 4.39 Å². The summed E-state index contributed by atoms with van der Waals surface area (Å²) in [6, 6.07) is 6.31. The molecule has 0 aliphatic rings. The van der Waals surface area contributed by atoms with Crippen LogP contribution in [0.2, 0.25) is 0 Å². The first kappa shape index (κ1) is 11.1. The third-order valence-electron chi connectivity index (χ3n) is 2.10. The summed E-state index contributed by atoms with van der Waals surface area (Å²) in [5, 5.41) is 9.02. The molecule has 78 valence electrons.